The number of aryl methyl sites for hydroxylation is 2. The molecule has 0 unspecified atom stereocenters. The maximum Gasteiger partial charge on any atom is 0.282 e. The highest BCUT2D eigenvalue weighted by Gasteiger charge is 2.33. The van der Waals surface area contributed by atoms with E-state index in [1.54, 1.807) is 60.7 Å². The lowest BCUT2D eigenvalue weighted by Gasteiger charge is -2.22. The van der Waals surface area contributed by atoms with Crippen molar-refractivity contribution in [2.75, 3.05) is 11.4 Å². The zero-order valence-corrected chi connectivity index (χ0v) is 18.8. The van der Waals surface area contributed by atoms with Crippen molar-refractivity contribution in [3.05, 3.63) is 95.1 Å². The first-order valence-electron chi connectivity index (χ1n) is 9.75. The Bertz CT molecular complexity index is 1290. The first-order chi connectivity index (χ1) is 15.3. The second-order valence-corrected chi connectivity index (χ2v) is 8.95. The van der Waals surface area contributed by atoms with Gasteiger partial charge in [-0.05, 0) is 61.9 Å². The fourth-order valence-corrected chi connectivity index (χ4v) is 4.39. The Morgan fingerprint density at radius 3 is 1.94 bits per heavy atom. The Balaban J connectivity index is 2.12. The van der Waals surface area contributed by atoms with Gasteiger partial charge in [0, 0.05) is 0 Å². The number of nitriles is 1. The molecule has 0 N–H and O–H groups in total. The van der Waals surface area contributed by atoms with Gasteiger partial charge in [-0.2, -0.15) is 9.57 Å². The van der Waals surface area contributed by atoms with Crippen LogP contribution in [0.5, 0.6) is 5.75 Å². The van der Waals surface area contributed by atoms with E-state index >= 15 is 0 Å². The van der Waals surface area contributed by atoms with Gasteiger partial charge in [0.05, 0.1) is 17.7 Å². The highest BCUT2D eigenvalue weighted by molar-refractivity contribution is 7.93. The Labute approximate surface area is 188 Å². The second-order valence-electron chi connectivity index (χ2n) is 7.17. The molecule has 3 rings (SSSR count). The number of sulfonamides is 1. The van der Waals surface area contributed by atoms with Crippen LogP contribution in [0.1, 0.15) is 16.7 Å². The number of ether oxygens (including phenoxy) is 1. The van der Waals surface area contributed by atoms with Crippen LogP contribution in [0.4, 0.5) is 5.69 Å². The van der Waals surface area contributed by atoms with Crippen LogP contribution in [0.2, 0.25) is 0 Å². The molecule has 162 valence electrons. The van der Waals surface area contributed by atoms with Crippen LogP contribution in [0.3, 0.4) is 0 Å². The number of carbonyl (C=O) groups excluding carboxylic acids is 1. The minimum atomic E-state index is -4.27. The maximum absolute atomic E-state index is 13.5. The van der Waals surface area contributed by atoms with Crippen LogP contribution in [0, 0.1) is 25.2 Å². The van der Waals surface area contributed by atoms with Crippen LogP contribution in [-0.4, -0.2) is 21.4 Å². The molecule has 0 aliphatic heterocycles. The van der Waals surface area contributed by atoms with Crippen molar-refractivity contribution >= 4 is 27.7 Å². The Kier molecular flexibility index (Phi) is 6.76. The van der Waals surface area contributed by atoms with E-state index in [2.05, 4.69) is 0 Å². The topological polar surface area (TPSA) is 87.5 Å². The fraction of sp³-hybridized carbons (Fsp3) is 0.120. The van der Waals surface area contributed by atoms with Crippen molar-refractivity contribution in [2.45, 2.75) is 18.7 Å². The summed E-state index contributed by atoms with van der Waals surface area (Å²) in [4.78, 5) is 13.4. The lowest BCUT2D eigenvalue weighted by atomic mass is 10.1. The minimum absolute atomic E-state index is 0.0428. The molecule has 7 heteroatoms. The van der Waals surface area contributed by atoms with E-state index in [4.69, 9.17) is 4.74 Å². The van der Waals surface area contributed by atoms with Crippen LogP contribution >= 0.6 is 0 Å². The summed E-state index contributed by atoms with van der Waals surface area (Å²) in [7, 11) is -2.74. The third-order valence-corrected chi connectivity index (χ3v) is 6.52. The molecule has 6 nitrogen and oxygen atoms in total. The lowest BCUT2D eigenvalue weighted by Crippen LogP contribution is -2.37. The normalized spacial score (nSPS) is 11.5. The molecule has 0 atom stereocenters. The minimum Gasteiger partial charge on any atom is -0.497 e. The first kappa shape index (κ1) is 22.8. The van der Waals surface area contributed by atoms with Crippen molar-refractivity contribution in [3.63, 3.8) is 0 Å². The van der Waals surface area contributed by atoms with Gasteiger partial charge in [-0.3, -0.25) is 4.79 Å². The van der Waals surface area contributed by atoms with Gasteiger partial charge in [0.15, 0.2) is 0 Å². The molecule has 3 aromatic carbocycles. The second kappa shape index (κ2) is 9.50. The molecule has 0 aliphatic rings. The molecular formula is C25H22N2O4S. The Morgan fingerprint density at radius 1 is 0.906 bits per heavy atom. The van der Waals surface area contributed by atoms with E-state index in [1.165, 1.54) is 25.3 Å². The average Bonchev–Trinajstić information content (AvgIpc) is 2.79. The lowest BCUT2D eigenvalue weighted by molar-refractivity contribution is -0.113. The van der Waals surface area contributed by atoms with Gasteiger partial charge in [0.1, 0.15) is 17.4 Å². The van der Waals surface area contributed by atoms with E-state index in [1.807, 2.05) is 19.9 Å². The largest absolute Gasteiger partial charge is 0.497 e. The highest BCUT2D eigenvalue weighted by atomic mass is 32.2. The SMILES string of the molecule is COc1ccc(/C=C(\C#N)C(=O)N(c2ccc(C)cc2)S(=O)(=O)c2ccc(C)cc2)cc1. The van der Waals surface area contributed by atoms with Gasteiger partial charge in [0.2, 0.25) is 0 Å². The number of anilines is 1. The molecule has 0 fully saturated rings. The fourth-order valence-electron chi connectivity index (χ4n) is 2.98. The monoisotopic (exact) mass is 446 g/mol. The zero-order valence-electron chi connectivity index (χ0n) is 17.9. The van der Waals surface area contributed by atoms with Gasteiger partial charge in [-0.25, -0.2) is 8.42 Å². The van der Waals surface area contributed by atoms with Crippen molar-refractivity contribution in [2.24, 2.45) is 0 Å². The van der Waals surface area contributed by atoms with E-state index in [9.17, 15) is 18.5 Å². The Morgan fingerprint density at radius 2 is 1.44 bits per heavy atom. The first-order valence-corrected chi connectivity index (χ1v) is 11.2. The van der Waals surface area contributed by atoms with E-state index in [0.717, 1.165) is 11.1 Å². The van der Waals surface area contributed by atoms with E-state index in [-0.39, 0.29) is 16.2 Å². The summed E-state index contributed by atoms with van der Waals surface area (Å²) in [5.74, 6) is -0.317. The molecule has 0 spiro atoms. The summed E-state index contributed by atoms with van der Waals surface area (Å²) >= 11 is 0. The summed E-state index contributed by atoms with van der Waals surface area (Å²) in [6, 6.07) is 21.3. The number of nitrogens with zero attached hydrogens (tertiary/aromatic N) is 2. The van der Waals surface area contributed by atoms with Gasteiger partial charge in [-0.1, -0.05) is 47.5 Å². The Hall–Kier alpha value is -3.89. The zero-order chi connectivity index (χ0) is 23.3. The van der Waals surface area contributed by atoms with E-state index < -0.39 is 15.9 Å². The van der Waals surface area contributed by atoms with Crippen molar-refractivity contribution < 1.29 is 17.9 Å². The summed E-state index contributed by atoms with van der Waals surface area (Å²) in [6.07, 6.45) is 1.35. The highest BCUT2D eigenvalue weighted by Crippen LogP contribution is 2.27. The third-order valence-electron chi connectivity index (χ3n) is 4.79. The average molecular weight is 447 g/mol. The van der Waals surface area contributed by atoms with Gasteiger partial charge in [-0.15, -0.1) is 0 Å². The number of rotatable bonds is 6. The standard InChI is InChI=1S/C25H22N2O4S/c1-18-4-10-22(11-5-18)27(32(29,30)24-14-6-19(2)7-15-24)25(28)21(17-26)16-20-8-12-23(31-3)13-9-20/h4-16H,1-3H3/b21-16+. The number of hydrogen-bond donors (Lipinski definition) is 0. The van der Waals surface area contributed by atoms with E-state index in [0.29, 0.717) is 15.6 Å². The van der Waals surface area contributed by atoms with Crippen LogP contribution in [0.15, 0.2) is 83.3 Å². The molecule has 0 saturated heterocycles. The number of hydrogen-bond acceptors (Lipinski definition) is 5. The maximum atomic E-state index is 13.5. The van der Waals surface area contributed by atoms with Gasteiger partial charge < -0.3 is 4.74 Å². The molecule has 0 aromatic heterocycles. The third kappa shape index (κ3) is 4.88. The molecule has 1 amide bonds. The summed E-state index contributed by atoms with van der Waals surface area (Å²) in [6.45, 7) is 3.69. The van der Waals surface area contributed by atoms with Gasteiger partial charge in [0.25, 0.3) is 15.9 Å². The molecule has 0 heterocycles. The number of methoxy groups -OCH3 is 1. The van der Waals surface area contributed by atoms with Crippen molar-refractivity contribution in [3.8, 4) is 11.8 Å². The summed E-state index contributed by atoms with van der Waals surface area (Å²) in [5, 5.41) is 9.69. The molecular weight excluding hydrogens is 424 g/mol. The molecule has 3 aromatic rings. The number of amides is 1. The summed E-state index contributed by atoms with van der Waals surface area (Å²) in [5.41, 5.74) is 2.19. The van der Waals surface area contributed by atoms with Crippen molar-refractivity contribution in [1.29, 1.82) is 5.26 Å². The van der Waals surface area contributed by atoms with Gasteiger partial charge >= 0.3 is 0 Å². The predicted molar refractivity (Wildman–Crippen MR) is 124 cm³/mol. The molecule has 0 bridgehead atoms. The molecule has 0 saturated carbocycles. The van der Waals surface area contributed by atoms with Crippen LogP contribution in [-0.2, 0) is 14.8 Å². The predicted octanol–water partition coefficient (Wildman–Crippen LogP) is 4.64. The quantitative estimate of drug-likeness (QED) is 0.407. The van der Waals surface area contributed by atoms with Crippen molar-refractivity contribution in [1.82, 2.24) is 0 Å². The number of benzene rings is 3. The van der Waals surface area contributed by atoms with Crippen LogP contribution in [0.25, 0.3) is 6.08 Å². The molecule has 32 heavy (non-hydrogen) atoms. The molecule has 0 aliphatic carbocycles. The number of carbonyl (C=O) groups is 1. The van der Waals surface area contributed by atoms with Crippen LogP contribution < -0.4 is 9.04 Å². The smallest absolute Gasteiger partial charge is 0.282 e. The molecule has 0 radical (unpaired) electrons. The summed E-state index contributed by atoms with van der Waals surface area (Å²) < 4.78 is 32.7.